The second-order valence-corrected chi connectivity index (χ2v) is 8.50. The minimum atomic E-state index is -3.05. The van der Waals surface area contributed by atoms with Crippen LogP contribution in [0.4, 0.5) is 4.39 Å². The van der Waals surface area contributed by atoms with E-state index in [1.54, 1.807) is 0 Å². The van der Waals surface area contributed by atoms with Gasteiger partial charge in [0.05, 0.1) is 22.6 Å². The van der Waals surface area contributed by atoms with E-state index in [0.29, 0.717) is 25.9 Å². The minimum absolute atomic E-state index is 0.0736. The molecule has 23 heavy (non-hydrogen) atoms. The molecule has 1 spiro atoms. The highest BCUT2D eigenvalue weighted by Crippen LogP contribution is 2.41. The molecule has 2 heterocycles. The molecular formula is C15H16FNO5S. The molecule has 2 fully saturated rings. The molecule has 8 heteroatoms. The minimum Gasteiger partial charge on any atom is -0.478 e. The zero-order chi connectivity index (χ0) is 16.8. The second-order valence-electron chi connectivity index (χ2n) is 6.32. The Morgan fingerprint density at radius 1 is 1.26 bits per heavy atom. The molecule has 1 atom stereocenters. The molecule has 0 aliphatic carbocycles. The number of hydrogen-bond acceptors (Lipinski definition) is 4. The van der Waals surface area contributed by atoms with Crippen LogP contribution >= 0.6 is 0 Å². The van der Waals surface area contributed by atoms with Gasteiger partial charge in [0, 0.05) is 18.5 Å². The monoisotopic (exact) mass is 341 g/mol. The molecule has 3 rings (SSSR count). The van der Waals surface area contributed by atoms with Crippen LogP contribution in [0.1, 0.15) is 33.6 Å². The van der Waals surface area contributed by atoms with Crippen molar-refractivity contribution in [1.82, 2.24) is 4.90 Å². The van der Waals surface area contributed by atoms with E-state index in [0.717, 1.165) is 12.1 Å². The summed E-state index contributed by atoms with van der Waals surface area (Å²) in [4.78, 5) is 24.7. The number of sulfone groups is 1. The van der Waals surface area contributed by atoms with Crippen LogP contribution in [-0.4, -0.2) is 54.9 Å². The lowest BCUT2D eigenvalue weighted by atomic mass is 9.87. The summed E-state index contributed by atoms with van der Waals surface area (Å²) in [6.07, 6.45) is 1.12. The van der Waals surface area contributed by atoms with Crippen LogP contribution in [0, 0.1) is 11.2 Å². The van der Waals surface area contributed by atoms with Crippen LogP contribution < -0.4 is 0 Å². The van der Waals surface area contributed by atoms with E-state index in [1.807, 2.05) is 0 Å². The van der Waals surface area contributed by atoms with E-state index >= 15 is 0 Å². The summed E-state index contributed by atoms with van der Waals surface area (Å²) in [5.41, 5.74) is -0.821. The van der Waals surface area contributed by atoms with Gasteiger partial charge in [0.15, 0.2) is 9.84 Å². The third-order valence-electron chi connectivity index (χ3n) is 4.64. The topological polar surface area (TPSA) is 91.8 Å². The number of nitrogens with zero attached hydrogens (tertiary/aromatic N) is 1. The van der Waals surface area contributed by atoms with Crippen molar-refractivity contribution >= 4 is 21.7 Å². The Morgan fingerprint density at radius 2 is 2.00 bits per heavy atom. The van der Waals surface area contributed by atoms with Crippen LogP contribution in [0.15, 0.2) is 18.2 Å². The van der Waals surface area contributed by atoms with Gasteiger partial charge in [-0.1, -0.05) is 0 Å². The molecule has 1 aromatic carbocycles. The van der Waals surface area contributed by atoms with Gasteiger partial charge in [0.1, 0.15) is 5.82 Å². The molecule has 1 amide bonds. The van der Waals surface area contributed by atoms with Crippen LogP contribution in [0.5, 0.6) is 0 Å². The van der Waals surface area contributed by atoms with E-state index in [9.17, 15) is 22.4 Å². The molecule has 0 saturated carbocycles. The number of likely N-dealkylation sites (tertiary alicyclic amines) is 1. The van der Waals surface area contributed by atoms with Crippen molar-refractivity contribution in [2.45, 2.75) is 12.8 Å². The number of aromatic carboxylic acids is 1. The maximum Gasteiger partial charge on any atom is 0.335 e. The molecular weight excluding hydrogens is 325 g/mol. The molecule has 2 aliphatic heterocycles. The van der Waals surface area contributed by atoms with E-state index < -0.39 is 32.9 Å². The highest BCUT2D eigenvalue weighted by atomic mass is 32.2. The molecule has 2 aliphatic rings. The second kappa shape index (κ2) is 5.30. The first kappa shape index (κ1) is 15.9. The zero-order valence-corrected chi connectivity index (χ0v) is 13.1. The molecule has 2 saturated heterocycles. The molecule has 0 bridgehead atoms. The summed E-state index contributed by atoms with van der Waals surface area (Å²) in [7, 11) is -3.05. The smallest absolute Gasteiger partial charge is 0.335 e. The van der Waals surface area contributed by atoms with Crippen molar-refractivity contribution in [3.05, 3.63) is 35.1 Å². The predicted molar refractivity (Wildman–Crippen MR) is 79.6 cm³/mol. The summed E-state index contributed by atoms with van der Waals surface area (Å²) >= 11 is 0. The third-order valence-corrected chi connectivity index (χ3v) is 6.52. The number of carboxylic acid groups (broad SMARTS) is 1. The Hall–Kier alpha value is -1.96. The van der Waals surface area contributed by atoms with Crippen molar-refractivity contribution in [3.8, 4) is 0 Å². The van der Waals surface area contributed by atoms with Crippen molar-refractivity contribution in [2.24, 2.45) is 5.41 Å². The lowest BCUT2D eigenvalue weighted by Crippen LogP contribution is -2.33. The normalized spacial score (nSPS) is 25.9. The van der Waals surface area contributed by atoms with Gasteiger partial charge in [0.2, 0.25) is 0 Å². The highest BCUT2D eigenvalue weighted by Gasteiger charge is 2.47. The largest absolute Gasteiger partial charge is 0.478 e. The molecule has 0 aromatic heterocycles. The van der Waals surface area contributed by atoms with Gasteiger partial charge in [-0.05, 0) is 31.0 Å². The standard InChI is InChI=1S/C15H16FNO5S/c16-12-7-10(14(19)20)1-2-11(12)13(18)17-5-3-15(8-17)4-6-23(21,22)9-15/h1-2,7H,3-6,8-9H2,(H,19,20). The Bertz CT molecular complexity index is 791. The predicted octanol–water partition coefficient (Wildman–Crippen LogP) is 1.17. The average Bonchev–Trinajstić information content (AvgIpc) is 3.01. The lowest BCUT2D eigenvalue weighted by Gasteiger charge is -2.22. The summed E-state index contributed by atoms with van der Waals surface area (Å²) < 4.78 is 37.3. The van der Waals surface area contributed by atoms with Gasteiger partial charge >= 0.3 is 5.97 Å². The zero-order valence-electron chi connectivity index (χ0n) is 12.3. The fourth-order valence-corrected chi connectivity index (χ4v) is 5.61. The molecule has 1 N–H and O–H groups in total. The molecule has 6 nitrogen and oxygen atoms in total. The summed E-state index contributed by atoms with van der Waals surface area (Å²) in [5.74, 6) is -2.46. The number of benzene rings is 1. The van der Waals surface area contributed by atoms with Gasteiger partial charge < -0.3 is 10.0 Å². The Kier molecular flexibility index (Phi) is 3.66. The summed E-state index contributed by atoms with van der Waals surface area (Å²) in [6, 6.07) is 3.17. The van der Waals surface area contributed by atoms with Crippen LogP contribution in [-0.2, 0) is 9.84 Å². The lowest BCUT2D eigenvalue weighted by molar-refractivity contribution is 0.0693. The van der Waals surface area contributed by atoms with Crippen LogP contribution in [0.3, 0.4) is 0 Å². The molecule has 0 radical (unpaired) electrons. The van der Waals surface area contributed by atoms with Crippen molar-refractivity contribution in [3.63, 3.8) is 0 Å². The number of carbonyl (C=O) groups is 2. The number of carbonyl (C=O) groups excluding carboxylic acids is 1. The van der Waals surface area contributed by atoms with Crippen molar-refractivity contribution < 1.29 is 27.5 Å². The van der Waals surface area contributed by atoms with Gasteiger partial charge in [-0.25, -0.2) is 17.6 Å². The van der Waals surface area contributed by atoms with Gasteiger partial charge in [-0.2, -0.15) is 0 Å². The van der Waals surface area contributed by atoms with E-state index in [-0.39, 0.29) is 22.6 Å². The number of amides is 1. The van der Waals surface area contributed by atoms with Gasteiger partial charge in [-0.3, -0.25) is 4.79 Å². The van der Waals surface area contributed by atoms with Gasteiger partial charge in [-0.15, -0.1) is 0 Å². The third kappa shape index (κ3) is 2.95. The van der Waals surface area contributed by atoms with Gasteiger partial charge in [0.25, 0.3) is 5.91 Å². The maximum atomic E-state index is 14.0. The summed E-state index contributed by atoms with van der Waals surface area (Å²) in [6.45, 7) is 0.680. The van der Waals surface area contributed by atoms with Crippen LogP contribution in [0.25, 0.3) is 0 Å². The molecule has 1 unspecified atom stereocenters. The fraction of sp³-hybridized carbons (Fsp3) is 0.467. The fourth-order valence-electron chi connectivity index (χ4n) is 3.41. The Labute approximate surface area is 132 Å². The quantitative estimate of drug-likeness (QED) is 0.872. The first-order valence-electron chi connectivity index (χ1n) is 7.24. The number of halogens is 1. The van der Waals surface area contributed by atoms with Crippen molar-refractivity contribution in [2.75, 3.05) is 24.6 Å². The average molecular weight is 341 g/mol. The SMILES string of the molecule is O=C(O)c1ccc(C(=O)N2CCC3(CCS(=O)(=O)C3)C2)c(F)c1. The number of rotatable bonds is 2. The van der Waals surface area contributed by atoms with Crippen LogP contribution in [0.2, 0.25) is 0 Å². The molecule has 124 valence electrons. The van der Waals surface area contributed by atoms with E-state index in [2.05, 4.69) is 0 Å². The van der Waals surface area contributed by atoms with E-state index in [1.165, 1.54) is 11.0 Å². The first-order chi connectivity index (χ1) is 10.7. The number of hydrogen-bond donors (Lipinski definition) is 1. The maximum absolute atomic E-state index is 14.0. The first-order valence-corrected chi connectivity index (χ1v) is 9.06. The van der Waals surface area contributed by atoms with Crippen molar-refractivity contribution in [1.29, 1.82) is 0 Å². The molecule has 1 aromatic rings. The Morgan fingerprint density at radius 3 is 2.57 bits per heavy atom. The Balaban J connectivity index is 1.79. The van der Waals surface area contributed by atoms with E-state index in [4.69, 9.17) is 5.11 Å². The number of carboxylic acids is 1. The summed E-state index contributed by atoms with van der Waals surface area (Å²) in [5, 5.41) is 8.82. The highest BCUT2D eigenvalue weighted by molar-refractivity contribution is 7.91.